The summed E-state index contributed by atoms with van der Waals surface area (Å²) in [6.07, 6.45) is 0. The second kappa shape index (κ2) is 11.9. The Hall–Kier alpha value is -5.57. The molecule has 0 aliphatic rings. The quantitative estimate of drug-likeness (QED) is 0.157. The number of halogens is 2. The smallest absolute Gasteiger partial charge is 0.321 e. The zero-order valence-corrected chi connectivity index (χ0v) is 22.6. The first-order valence-corrected chi connectivity index (χ1v) is 13.0. The number of hydrogen-bond acceptors (Lipinski definition) is 10. The van der Waals surface area contributed by atoms with Crippen molar-refractivity contribution in [1.82, 2.24) is 20.4 Å². The van der Waals surface area contributed by atoms with Crippen molar-refractivity contribution in [3.05, 3.63) is 83.4 Å². The van der Waals surface area contributed by atoms with E-state index >= 15 is 0 Å². The molecule has 15 heteroatoms. The molecule has 5 rings (SSSR count). The first-order chi connectivity index (χ1) is 20.2. The molecule has 0 bridgehead atoms. The first-order valence-electron chi connectivity index (χ1n) is 12.1. The Morgan fingerprint density at radius 3 is 2.55 bits per heavy atom. The van der Waals surface area contributed by atoms with Crippen molar-refractivity contribution in [1.29, 1.82) is 0 Å². The molecule has 0 atom stereocenters. The SMILES string of the molecule is COc1cccc(C(=O)Nc2cc(-c3noc(-c4sc(NC(=O)NCc5ccc(N)cc5)nc4N)n3)c(F)cc2F)c1. The first kappa shape index (κ1) is 28.0. The van der Waals surface area contributed by atoms with Gasteiger partial charge in [-0.05, 0) is 42.0 Å². The molecule has 3 aromatic carbocycles. The van der Waals surface area contributed by atoms with Crippen LogP contribution in [0.15, 0.2) is 65.2 Å². The molecule has 214 valence electrons. The van der Waals surface area contributed by atoms with Crippen LogP contribution in [0.25, 0.3) is 22.2 Å². The normalized spacial score (nSPS) is 10.7. The highest BCUT2D eigenvalue weighted by Gasteiger charge is 2.22. The van der Waals surface area contributed by atoms with E-state index in [0.29, 0.717) is 17.5 Å². The lowest BCUT2D eigenvalue weighted by atomic mass is 10.1. The number of rotatable bonds is 8. The summed E-state index contributed by atoms with van der Waals surface area (Å²) in [4.78, 5) is 33.4. The van der Waals surface area contributed by atoms with E-state index in [4.69, 9.17) is 20.7 Å². The molecule has 0 aliphatic carbocycles. The number of hydrogen-bond donors (Lipinski definition) is 5. The van der Waals surface area contributed by atoms with Crippen LogP contribution in [0, 0.1) is 11.6 Å². The van der Waals surface area contributed by atoms with E-state index in [1.165, 1.54) is 19.2 Å². The molecule has 0 aliphatic heterocycles. The van der Waals surface area contributed by atoms with Crippen molar-refractivity contribution >= 4 is 45.6 Å². The van der Waals surface area contributed by atoms with Gasteiger partial charge in [-0.15, -0.1) is 0 Å². The molecule has 0 unspecified atom stereocenters. The summed E-state index contributed by atoms with van der Waals surface area (Å²) >= 11 is 0.950. The predicted molar refractivity (Wildman–Crippen MR) is 153 cm³/mol. The second-order valence-electron chi connectivity index (χ2n) is 8.70. The zero-order valence-electron chi connectivity index (χ0n) is 21.8. The molecule has 0 radical (unpaired) electrons. The van der Waals surface area contributed by atoms with Crippen LogP contribution in [0.4, 0.5) is 35.9 Å². The zero-order chi connectivity index (χ0) is 29.8. The summed E-state index contributed by atoms with van der Waals surface area (Å²) < 4.78 is 39.6. The van der Waals surface area contributed by atoms with E-state index < -0.39 is 23.6 Å². The van der Waals surface area contributed by atoms with Gasteiger partial charge in [-0.1, -0.05) is 34.7 Å². The van der Waals surface area contributed by atoms with Crippen LogP contribution in [-0.4, -0.2) is 34.2 Å². The summed E-state index contributed by atoms with van der Waals surface area (Å²) in [7, 11) is 1.45. The van der Waals surface area contributed by atoms with Gasteiger partial charge in [0.25, 0.3) is 11.8 Å². The predicted octanol–water partition coefficient (Wildman–Crippen LogP) is 4.89. The van der Waals surface area contributed by atoms with E-state index in [9.17, 15) is 18.4 Å². The number of nitrogens with one attached hydrogen (secondary N) is 3. The Labute approximate surface area is 240 Å². The van der Waals surface area contributed by atoms with Gasteiger partial charge in [-0.25, -0.2) is 18.6 Å². The van der Waals surface area contributed by atoms with E-state index in [2.05, 4.69) is 31.1 Å². The molecule has 7 N–H and O–H groups in total. The van der Waals surface area contributed by atoms with Crippen LogP contribution in [0.5, 0.6) is 5.75 Å². The van der Waals surface area contributed by atoms with Gasteiger partial charge < -0.3 is 31.4 Å². The van der Waals surface area contributed by atoms with E-state index in [0.717, 1.165) is 23.0 Å². The molecule has 2 heterocycles. The van der Waals surface area contributed by atoms with Crippen molar-refractivity contribution in [2.24, 2.45) is 0 Å². The van der Waals surface area contributed by atoms with Gasteiger partial charge >= 0.3 is 6.03 Å². The van der Waals surface area contributed by atoms with E-state index in [1.54, 1.807) is 36.4 Å². The maximum absolute atomic E-state index is 14.7. The Morgan fingerprint density at radius 2 is 1.79 bits per heavy atom. The highest BCUT2D eigenvalue weighted by Crippen LogP contribution is 2.36. The molecule has 0 spiro atoms. The maximum atomic E-state index is 14.7. The lowest BCUT2D eigenvalue weighted by Gasteiger charge is -2.09. The number of methoxy groups -OCH3 is 1. The highest BCUT2D eigenvalue weighted by atomic mass is 32.1. The molecule has 3 amide bonds. The summed E-state index contributed by atoms with van der Waals surface area (Å²) in [6.45, 7) is 0.248. The topological polar surface area (TPSA) is 183 Å². The fourth-order valence-electron chi connectivity index (χ4n) is 3.70. The fourth-order valence-corrected chi connectivity index (χ4v) is 4.50. The number of carbonyl (C=O) groups excluding carboxylic acids is 2. The van der Waals surface area contributed by atoms with Gasteiger partial charge in [0.05, 0.1) is 18.4 Å². The summed E-state index contributed by atoms with van der Waals surface area (Å²) in [5.41, 5.74) is 12.8. The number of amides is 3. The number of ether oxygens (including phenoxy) is 1. The van der Waals surface area contributed by atoms with Crippen LogP contribution < -0.4 is 32.2 Å². The molecule has 0 fully saturated rings. The average molecular weight is 593 g/mol. The maximum Gasteiger partial charge on any atom is 0.321 e. The Morgan fingerprint density at radius 1 is 1.00 bits per heavy atom. The number of nitrogen functional groups attached to an aromatic ring is 2. The van der Waals surface area contributed by atoms with Gasteiger partial charge in [-0.3, -0.25) is 10.1 Å². The molecule has 2 aromatic heterocycles. The number of thiazole rings is 1. The number of carbonyl (C=O) groups is 2. The van der Waals surface area contributed by atoms with Crippen molar-refractivity contribution in [2.75, 3.05) is 29.2 Å². The summed E-state index contributed by atoms with van der Waals surface area (Å²) in [5.74, 6) is -2.57. The minimum atomic E-state index is -1.01. The minimum Gasteiger partial charge on any atom is -0.497 e. The van der Waals surface area contributed by atoms with Crippen LogP contribution in [-0.2, 0) is 6.54 Å². The van der Waals surface area contributed by atoms with Gasteiger partial charge in [0, 0.05) is 23.9 Å². The molecule has 0 saturated heterocycles. The molecule has 5 aromatic rings. The number of nitrogens with zero attached hydrogens (tertiary/aromatic N) is 3. The molecule has 0 saturated carbocycles. The Kier molecular flexibility index (Phi) is 7.92. The van der Waals surface area contributed by atoms with E-state index in [1.807, 2.05) is 0 Å². The third-order valence-electron chi connectivity index (χ3n) is 5.80. The minimum absolute atomic E-state index is 0.0187. The van der Waals surface area contributed by atoms with Crippen molar-refractivity contribution in [3.8, 4) is 27.9 Å². The number of urea groups is 1. The Bertz CT molecular complexity index is 1770. The number of nitrogens with two attached hydrogens (primary N) is 2. The molecular formula is C27H22F2N8O4S. The number of benzene rings is 3. The Balaban J connectivity index is 1.30. The fraction of sp³-hybridized carbons (Fsp3) is 0.0741. The van der Waals surface area contributed by atoms with Crippen molar-refractivity contribution < 1.29 is 27.6 Å². The lowest BCUT2D eigenvalue weighted by molar-refractivity contribution is 0.102. The highest BCUT2D eigenvalue weighted by molar-refractivity contribution is 7.19. The monoisotopic (exact) mass is 592 g/mol. The molecule has 42 heavy (non-hydrogen) atoms. The third-order valence-corrected chi connectivity index (χ3v) is 6.78. The van der Waals surface area contributed by atoms with Crippen LogP contribution in [0.3, 0.4) is 0 Å². The lowest BCUT2D eigenvalue weighted by Crippen LogP contribution is -2.28. The van der Waals surface area contributed by atoms with Gasteiger partial charge in [-0.2, -0.15) is 4.98 Å². The van der Waals surface area contributed by atoms with Crippen LogP contribution in [0.1, 0.15) is 15.9 Å². The number of aromatic nitrogens is 3. The van der Waals surface area contributed by atoms with Gasteiger partial charge in [0.15, 0.2) is 5.13 Å². The van der Waals surface area contributed by atoms with Crippen molar-refractivity contribution in [3.63, 3.8) is 0 Å². The van der Waals surface area contributed by atoms with Gasteiger partial charge in [0.2, 0.25) is 5.82 Å². The van der Waals surface area contributed by atoms with Crippen LogP contribution >= 0.6 is 11.3 Å². The largest absolute Gasteiger partial charge is 0.497 e. The summed E-state index contributed by atoms with van der Waals surface area (Å²) in [5, 5.41) is 11.6. The molecule has 12 nitrogen and oxygen atoms in total. The molecular weight excluding hydrogens is 570 g/mol. The third kappa shape index (κ3) is 6.26. The van der Waals surface area contributed by atoms with Crippen molar-refractivity contribution in [2.45, 2.75) is 6.54 Å². The number of anilines is 4. The van der Waals surface area contributed by atoms with Crippen LogP contribution in [0.2, 0.25) is 0 Å². The average Bonchev–Trinajstić information content (AvgIpc) is 3.60. The second-order valence-corrected chi connectivity index (χ2v) is 9.70. The summed E-state index contributed by atoms with van der Waals surface area (Å²) in [6, 6.07) is 14.3. The standard InChI is InChI=1S/C27H22F2N8O4S/c1-40-16-4-2-3-14(9-16)24(38)33-20-10-17(18(28)11-19(20)29)23-35-25(41-37-23)21-22(31)34-27(42-21)36-26(39)32-12-13-5-7-15(30)8-6-13/h2-11H,12,30-31H2,1H3,(H,33,38)(H2,32,34,36,39). The van der Waals surface area contributed by atoms with E-state index in [-0.39, 0.29) is 50.9 Å². The van der Waals surface area contributed by atoms with Gasteiger partial charge in [0.1, 0.15) is 28.1 Å².